The minimum absolute atomic E-state index is 0.265. The molecule has 0 heterocycles. The summed E-state index contributed by atoms with van der Waals surface area (Å²) in [6.45, 7) is 5.18. The van der Waals surface area contributed by atoms with E-state index in [4.69, 9.17) is 14.6 Å². The van der Waals surface area contributed by atoms with Gasteiger partial charge >= 0.3 is 5.97 Å². The smallest absolute Gasteiger partial charge is 0.302 e. The predicted octanol–water partition coefficient (Wildman–Crippen LogP) is -0.164. The first-order valence-corrected chi connectivity index (χ1v) is 4.64. The van der Waals surface area contributed by atoms with Crippen molar-refractivity contribution in [1.29, 1.82) is 0 Å². The molecule has 0 aliphatic heterocycles. The molecule has 0 rings (SSSR count). The van der Waals surface area contributed by atoms with E-state index in [1.807, 2.05) is 11.9 Å². The fraction of sp³-hybridized carbons (Fsp3) is 0.889. The molecule has 5 heteroatoms. The largest absolute Gasteiger partial charge is 0.465 e. The number of likely N-dealkylation sites (N-methyl/N-ethyl adjacent to an activating group) is 1. The number of hydrogen-bond donors (Lipinski definition) is 1. The molecule has 1 atom stereocenters. The van der Waals surface area contributed by atoms with Crippen molar-refractivity contribution in [3.05, 3.63) is 0 Å². The maximum absolute atomic E-state index is 10.4. The van der Waals surface area contributed by atoms with Gasteiger partial charge in [-0.15, -0.1) is 0 Å². The van der Waals surface area contributed by atoms with E-state index in [2.05, 4.69) is 0 Å². The first kappa shape index (κ1) is 13.4. The van der Waals surface area contributed by atoms with E-state index >= 15 is 0 Å². The van der Waals surface area contributed by atoms with Gasteiger partial charge in [0.1, 0.15) is 6.61 Å². The van der Waals surface area contributed by atoms with E-state index in [1.165, 1.54) is 6.92 Å². The van der Waals surface area contributed by atoms with Crippen LogP contribution >= 0.6 is 0 Å². The Bertz CT molecular complexity index is 161. The van der Waals surface area contributed by atoms with Gasteiger partial charge in [0.05, 0.1) is 6.61 Å². The third-order valence-corrected chi connectivity index (χ3v) is 1.61. The number of esters is 1. The fourth-order valence-corrected chi connectivity index (χ4v) is 0.836. The molecule has 0 fully saturated rings. The molecule has 1 N–H and O–H groups in total. The molecule has 0 bridgehead atoms. The number of nitrogens with zero attached hydrogens (tertiary/aromatic N) is 1. The molecule has 0 aliphatic carbocycles. The zero-order valence-electron chi connectivity index (χ0n) is 9.02. The molecule has 84 valence electrons. The molecule has 0 saturated heterocycles. The molecule has 0 aromatic heterocycles. The van der Waals surface area contributed by atoms with Crippen LogP contribution < -0.4 is 0 Å². The zero-order chi connectivity index (χ0) is 11.0. The van der Waals surface area contributed by atoms with Gasteiger partial charge in [-0.25, -0.2) is 0 Å². The summed E-state index contributed by atoms with van der Waals surface area (Å²) in [4.78, 5) is 12.4. The Morgan fingerprint density at radius 2 is 2.00 bits per heavy atom. The number of hydrogen-bond acceptors (Lipinski definition) is 5. The Morgan fingerprint density at radius 3 is 2.50 bits per heavy atom. The average molecular weight is 205 g/mol. The molecule has 0 aliphatic rings. The van der Waals surface area contributed by atoms with Gasteiger partial charge < -0.3 is 19.5 Å². The maximum Gasteiger partial charge on any atom is 0.302 e. The monoisotopic (exact) mass is 205 g/mol. The number of rotatable bonds is 7. The van der Waals surface area contributed by atoms with Crippen molar-refractivity contribution in [2.24, 2.45) is 0 Å². The number of aliphatic hydroxyl groups excluding tert-OH is 1. The third kappa shape index (κ3) is 9.44. The third-order valence-electron chi connectivity index (χ3n) is 1.61. The Hall–Kier alpha value is -0.650. The van der Waals surface area contributed by atoms with Crippen LogP contribution in [0.15, 0.2) is 0 Å². The van der Waals surface area contributed by atoms with Crippen LogP contribution in [0, 0.1) is 0 Å². The van der Waals surface area contributed by atoms with Crippen LogP contribution in [-0.4, -0.2) is 55.6 Å². The van der Waals surface area contributed by atoms with Crippen molar-refractivity contribution in [3.8, 4) is 0 Å². The highest BCUT2D eigenvalue weighted by atomic mass is 16.6. The second kappa shape index (κ2) is 7.73. The van der Waals surface area contributed by atoms with Gasteiger partial charge in [-0.1, -0.05) is 0 Å². The second-order valence-electron chi connectivity index (χ2n) is 3.11. The first-order chi connectivity index (χ1) is 6.52. The minimum Gasteiger partial charge on any atom is -0.465 e. The fourth-order valence-electron chi connectivity index (χ4n) is 0.836. The molecule has 5 nitrogen and oxygen atoms in total. The lowest BCUT2D eigenvalue weighted by molar-refractivity contribution is -0.141. The second-order valence-corrected chi connectivity index (χ2v) is 3.11. The average Bonchev–Trinajstić information content (AvgIpc) is 2.02. The SMILES string of the molecule is CC(=O)OCCN(C)CCOC(C)O. The van der Waals surface area contributed by atoms with Crippen LogP contribution in [0.5, 0.6) is 0 Å². The number of carbonyl (C=O) groups is 1. The topological polar surface area (TPSA) is 59.0 Å². The van der Waals surface area contributed by atoms with Gasteiger partial charge in [0.25, 0.3) is 0 Å². The van der Waals surface area contributed by atoms with Crippen LogP contribution in [-0.2, 0) is 14.3 Å². The van der Waals surface area contributed by atoms with E-state index in [9.17, 15) is 4.79 Å². The molecule has 0 amide bonds. The highest BCUT2D eigenvalue weighted by molar-refractivity contribution is 5.65. The van der Waals surface area contributed by atoms with Crippen LogP contribution in [0.3, 0.4) is 0 Å². The lowest BCUT2D eigenvalue weighted by Gasteiger charge is -2.16. The van der Waals surface area contributed by atoms with Gasteiger partial charge in [0.15, 0.2) is 6.29 Å². The maximum atomic E-state index is 10.4. The Morgan fingerprint density at radius 1 is 1.43 bits per heavy atom. The Balaban J connectivity index is 3.27. The van der Waals surface area contributed by atoms with Crippen molar-refractivity contribution in [3.63, 3.8) is 0 Å². The Kier molecular flexibility index (Phi) is 7.37. The summed E-state index contributed by atoms with van der Waals surface area (Å²) >= 11 is 0. The van der Waals surface area contributed by atoms with Gasteiger partial charge in [-0.05, 0) is 14.0 Å². The summed E-state index contributed by atoms with van der Waals surface area (Å²) in [7, 11) is 1.90. The van der Waals surface area contributed by atoms with Crippen LogP contribution in [0.1, 0.15) is 13.8 Å². The van der Waals surface area contributed by atoms with Gasteiger partial charge in [-0.2, -0.15) is 0 Å². The Labute approximate surface area is 84.6 Å². The highest BCUT2D eigenvalue weighted by Crippen LogP contribution is 1.88. The van der Waals surface area contributed by atoms with E-state index in [0.29, 0.717) is 26.3 Å². The summed E-state index contributed by atoms with van der Waals surface area (Å²) in [6, 6.07) is 0. The van der Waals surface area contributed by atoms with Gasteiger partial charge in [0, 0.05) is 20.0 Å². The molecular weight excluding hydrogens is 186 g/mol. The number of ether oxygens (including phenoxy) is 2. The molecule has 0 aromatic carbocycles. The van der Waals surface area contributed by atoms with Crippen molar-refractivity contribution in [2.75, 3.05) is 33.4 Å². The van der Waals surface area contributed by atoms with E-state index < -0.39 is 6.29 Å². The molecule has 0 aromatic rings. The van der Waals surface area contributed by atoms with Crippen molar-refractivity contribution >= 4 is 5.97 Å². The molecule has 0 saturated carbocycles. The van der Waals surface area contributed by atoms with Gasteiger partial charge in [0.2, 0.25) is 0 Å². The van der Waals surface area contributed by atoms with E-state index in [0.717, 1.165) is 0 Å². The lowest BCUT2D eigenvalue weighted by atomic mass is 10.5. The summed E-state index contributed by atoms with van der Waals surface area (Å²) in [5.74, 6) is -0.265. The predicted molar refractivity (Wildman–Crippen MR) is 51.8 cm³/mol. The molecule has 0 spiro atoms. The van der Waals surface area contributed by atoms with Crippen molar-refractivity contribution < 1.29 is 19.4 Å². The standard InChI is InChI=1S/C9H19NO4/c1-8(11)13-6-4-10(3)5-7-14-9(2)12/h8,11H,4-7H2,1-3H3. The molecular formula is C9H19NO4. The minimum atomic E-state index is -0.725. The van der Waals surface area contributed by atoms with Crippen LogP contribution in [0.4, 0.5) is 0 Å². The number of aliphatic hydroxyl groups is 1. The van der Waals surface area contributed by atoms with Crippen LogP contribution in [0.25, 0.3) is 0 Å². The van der Waals surface area contributed by atoms with Crippen molar-refractivity contribution in [2.45, 2.75) is 20.1 Å². The molecule has 14 heavy (non-hydrogen) atoms. The van der Waals surface area contributed by atoms with E-state index in [1.54, 1.807) is 6.92 Å². The van der Waals surface area contributed by atoms with Crippen molar-refractivity contribution in [1.82, 2.24) is 4.90 Å². The summed E-state index contributed by atoms with van der Waals surface area (Å²) in [5, 5.41) is 8.80. The lowest BCUT2D eigenvalue weighted by Crippen LogP contribution is -2.28. The summed E-state index contributed by atoms with van der Waals surface area (Å²) < 4.78 is 9.72. The highest BCUT2D eigenvalue weighted by Gasteiger charge is 2.01. The molecule has 1 unspecified atom stereocenters. The molecule has 0 radical (unpaired) electrons. The quantitative estimate of drug-likeness (QED) is 0.462. The first-order valence-electron chi connectivity index (χ1n) is 4.64. The number of carbonyl (C=O) groups excluding carboxylic acids is 1. The van der Waals surface area contributed by atoms with Gasteiger partial charge in [-0.3, -0.25) is 4.79 Å². The normalized spacial score (nSPS) is 12.9. The summed E-state index contributed by atoms with van der Waals surface area (Å²) in [6.07, 6.45) is -0.725. The summed E-state index contributed by atoms with van der Waals surface area (Å²) in [5.41, 5.74) is 0. The zero-order valence-corrected chi connectivity index (χ0v) is 9.02. The van der Waals surface area contributed by atoms with E-state index in [-0.39, 0.29) is 5.97 Å². The van der Waals surface area contributed by atoms with Crippen LogP contribution in [0.2, 0.25) is 0 Å².